The Labute approximate surface area is 110 Å². The first kappa shape index (κ1) is 15.3. The molecule has 0 saturated heterocycles. The molecule has 0 heterocycles. The predicted octanol–water partition coefficient (Wildman–Crippen LogP) is 2.98. The second kappa shape index (κ2) is 6.83. The fourth-order valence-electron chi connectivity index (χ4n) is 1.20. The van der Waals surface area contributed by atoms with E-state index in [2.05, 4.69) is 43.9 Å². The summed E-state index contributed by atoms with van der Waals surface area (Å²) < 4.78 is 5.54. The summed E-state index contributed by atoms with van der Waals surface area (Å²) in [6.45, 7) is 6.99. The summed E-state index contributed by atoms with van der Waals surface area (Å²) in [4.78, 5) is 1.29. The van der Waals surface area contributed by atoms with Gasteiger partial charge in [-0.2, -0.15) is 0 Å². The molecular formula is C11H19LiOSSi. The summed E-state index contributed by atoms with van der Waals surface area (Å²) in [6.07, 6.45) is 0. The van der Waals surface area contributed by atoms with E-state index < -0.39 is 8.07 Å². The minimum atomic E-state index is -1.23. The molecule has 0 bridgehead atoms. The van der Waals surface area contributed by atoms with Crippen molar-refractivity contribution in [1.82, 2.24) is 0 Å². The summed E-state index contributed by atoms with van der Waals surface area (Å²) in [5, 5.41) is 0.338. The van der Waals surface area contributed by atoms with E-state index in [1.54, 1.807) is 7.11 Å². The van der Waals surface area contributed by atoms with Crippen molar-refractivity contribution in [3.63, 3.8) is 0 Å². The Morgan fingerprint density at radius 2 is 1.67 bits per heavy atom. The van der Waals surface area contributed by atoms with Gasteiger partial charge in [0, 0.05) is 12.0 Å². The van der Waals surface area contributed by atoms with Crippen LogP contribution in [0.15, 0.2) is 35.2 Å². The molecular weight excluding hydrogens is 215 g/mol. The first-order valence-corrected chi connectivity index (χ1v) is 9.24. The summed E-state index contributed by atoms with van der Waals surface area (Å²) in [7, 11) is 0.576. The molecule has 0 N–H and O–H groups in total. The molecule has 1 atom stereocenters. The van der Waals surface area contributed by atoms with Crippen molar-refractivity contribution >= 4 is 38.7 Å². The molecule has 1 nitrogen and oxygen atoms in total. The average molecular weight is 234 g/mol. The quantitative estimate of drug-likeness (QED) is 0.450. The van der Waals surface area contributed by atoms with Gasteiger partial charge in [-0.05, 0) is 12.1 Å². The molecule has 80 valence electrons. The van der Waals surface area contributed by atoms with E-state index in [0.717, 1.165) is 0 Å². The third-order valence-electron chi connectivity index (χ3n) is 1.91. The number of benzene rings is 1. The van der Waals surface area contributed by atoms with Gasteiger partial charge in [-0.15, -0.1) is 0 Å². The van der Waals surface area contributed by atoms with Crippen LogP contribution in [-0.4, -0.2) is 39.1 Å². The Morgan fingerprint density at radius 3 is 2.07 bits per heavy atom. The van der Waals surface area contributed by atoms with Crippen LogP contribution < -0.4 is 0 Å². The SMILES string of the molecule is COC(Sc1ccccc1)[Si](C)(C)C.[LiH]. The molecule has 0 aliphatic rings. The Balaban J connectivity index is 0.00000196. The number of hydrogen-bond acceptors (Lipinski definition) is 2. The van der Waals surface area contributed by atoms with E-state index in [-0.39, 0.29) is 18.9 Å². The van der Waals surface area contributed by atoms with Crippen molar-refractivity contribution in [2.75, 3.05) is 7.11 Å². The maximum absolute atomic E-state index is 5.54. The standard InChI is InChI=1S/C11H18OSSi.Li.H/c1-12-11(14(2,3)4)13-10-8-6-5-7-9-10;;/h5-9,11H,1-4H3;;. The zero-order valence-electron chi connectivity index (χ0n) is 9.28. The molecule has 0 fully saturated rings. The molecule has 1 aromatic rings. The van der Waals surface area contributed by atoms with E-state index in [1.165, 1.54) is 4.90 Å². The Kier molecular flexibility index (Phi) is 6.98. The van der Waals surface area contributed by atoms with Gasteiger partial charge in [0.15, 0.2) is 0 Å². The van der Waals surface area contributed by atoms with Gasteiger partial charge in [0.2, 0.25) is 0 Å². The van der Waals surface area contributed by atoms with Gasteiger partial charge in [0.1, 0.15) is 0 Å². The molecule has 1 unspecified atom stereocenters. The fraction of sp³-hybridized carbons (Fsp3) is 0.455. The van der Waals surface area contributed by atoms with Crippen molar-refractivity contribution in [1.29, 1.82) is 0 Å². The van der Waals surface area contributed by atoms with Crippen LogP contribution >= 0.6 is 11.8 Å². The zero-order chi connectivity index (χ0) is 10.6. The summed E-state index contributed by atoms with van der Waals surface area (Å²) in [5.74, 6) is 0. The van der Waals surface area contributed by atoms with Crippen molar-refractivity contribution < 1.29 is 4.74 Å². The van der Waals surface area contributed by atoms with Gasteiger partial charge in [0.25, 0.3) is 0 Å². The number of hydrogen-bond donors (Lipinski definition) is 0. The van der Waals surface area contributed by atoms with E-state index in [1.807, 2.05) is 17.8 Å². The first-order chi connectivity index (χ1) is 6.54. The van der Waals surface area contributed by atoms with Crippen LogP contribution in [0.2, 0.25) is 19.6 Å². The van der Waals surface area contributed by atoms with E-state index >= 15 is 0 Å². The van der Waals surface area contributed by atoms with Crippen molar-refractivity contribution in [3.05, 3.63) is 30.3 Å². The Bertz CT molecular complexity index is 274. The summed E-state index contributed by atoms with van der Waals surface area (Å²) in [5.41, 5.74) is 0. The van der Waals surface area contributed by atoms with E-state index in [9.17, 15) is 0 Å². The predicted molar refractivity (Wildman–Crippen MR) is 73.6 cm³/mol. The molecule has 0 aromatic heterocycles. The third kappa shape index (κ3) is 5.28. The molecule has 0 spiro atoms. The minimum absolute atomic E-state index is 0. The van der Waals surface area contributed by atoms with Gasteiger partial charge in [-0.3, -0.25) is 0 Å². The van der Waals surface area contributed by atoms with Gasteiger partial charge >= 0.3 is 18.9 Å². The molecule has 15 heavy (non-hydrogen) atoms. The van der Waals surface area contributed by atoms with Gasteiger partial charge in [-0.25, -0.2) is 0 Å². The first-order valence-electron chi connectivity index (χ1n) is 4.78. The molecule has 0 saturated carbocycles. The van der Waals surface area contributed by atoms with Crippen LogP contribution in [0.1, 0.15) is 0 Å². The Morgan fingerprint density at radius 1 is 1.13 bits per heavy atom. The Hall–Kier alpha value is 0.344. The fourth-order valence-corrected chi connectivity index (χ4v) is 4.39. The van der Waals surface area contributed by atoms with Crippen LogP contribution in [0.4, 0.5) is 0 Å². The zero-order valence-corrected chi connectivity index (χ0v) is 11.1. The van der Waals surface area contributed by atoms with Crippen LogP contribution in [0.5, 0.6) is 0 Å². The van der Waals surface area contributed by atoms with Gasteiger partial charge < -0.3 is 4.74 Å². The molecule has 4 heteroatoms. The number of rotatable bonds is 4. The summed E-state index contributed by atoms with van der Waals surface area (Å²) in [6, 6.07) is 10.5. The van der Waals surface area contributed by atoms with E-state index in [4.69, 9.17) is 4.74 Å². The van der Waals surface area contributed by atoms with Crippen molar-refractivity contribution in [3.8, 4) is 0 Å². The average Bonchev–Trinajstić information content (AvgIpc) is 2.14. The molecule has 0 aliphatic carbocycles. The van der Waals surface area contributed by atoms with Gasteiger partial charge in [0.05, 0.1) is 13.1 Å². The maximum atomic E-state index is 5.54. The summed E-state index contributed by atoms with van der Waals surface area (Å²) >= 11 is 1.84. The van der Waals surface area contributed by atoms with Crippen molar-refractivity contribution in [2.45, 2.75) is 29.6 Å². The normalized spacial score (nSPS) is 13.1. The third-order valence-corrected chi connectivity index (χ3v) is 6.98. The van der Waals surface area contributed by atoms with Crippen LogP contribution in [0.25, 0.3) is 0 Å². The molecule has 1 aromatic carbocycles. The monoisotopic (exact) mass is 234 g/mol. The van der Waals surface area contributed by atoms with Crippen LogP contribution in [0, 0.1) is 0 Å². The van der Waals surface area contributed by atoms with E-state index in [0.29, 0.717) is 5.06 Å². The van der Waals surface area contributed by atoms with Gasteiger partial charge in [-0.1, -0.05) is 49.6 Å². The van der Waals surface area contributed by atoms with Crippen molar-refractivity contribution in [2.24, 2.45) is 0 Å². The second-order valence-electron chi connectivity index (χ2n) is 4.36. The second-order valence-corrected chi connectivity index (χ2v) is 11.2. The number of ether oxygens (including phenoxy) is 1. The molecule has 0 amide bonds. The molecule has 0 aliphatic heterocycles. The molecule has 0 radical (unpaired) electrons. The topological polar surface area (TPSA) is 9.23 Å². The molecule has 1 rings (SSSR count). The van der Waals surface area contributed by atoms with Crippen LogP contribution in [0.3, 0.4) is 0 Å². The van der Waals surface area contributed by atoms with Crippen LogP contribution in [-0.2, 0) is 4.74 Å². The number of thioether (sulfide) groups is 1. The number of methoxy groups -OCH3 is 1.